The Hall–Kier alpha value is -3.79. The molecule has 0 bridgehead atoms. The van der Waals surface area contributed by atoms with Gasteiger partial charge in [-0.3, -0.25) is 29.3 Å². The Balaban J connectivity index is 1.65. The molecule has 4 amide bonds. The summed E-state index contributed by atoms with van der Waals surface area (Å²) in [5.41, 5.74) is 0.478. The second-order valence-electron chi connectivity index (χ2n) is 8.59. The highest BCUT2D eigenvalue weighted by molar-refractivity contribution is 6.32. The van der Waals surface area contributed by atoms with Crippen molar-refractivity contribution >= 4 is 52.3 Å². The van der Waals surface area contributed by atoms with Gasteiger partial charge in [0.15, 0.2) is 0 Å². The zero-order valence-electron chi connectivity index (χ0n) is 18.9. The molecule has 1 saturated carbocycles. The zero-order chi connectivity index (χ0) is 25.3. The average molecular weight is 499 g/mol. The van der Waals surface area contributed by atoms with Crippen molar-refractivity contribution in [1.29, 1.82) is 0 Å². The number of benzene rings is 2. The molecule has 4 rings (SSSR count). The minimum Gasteiger partial charge on any atom is -0.326 e. The standard InChI is InChI=1S/C24H23ClN4O6/c1-14(30)26-16-7-9-18(10-8-16)28-22(31)13-21(24(28)33)27(17-4-2-3-5-17)23(32)15-6-11-19(25)20(12-15)29(34)35/h6-12,17,21H,2-5,13H2,1H3,(H,26,30). The number of amides is 4. The van der Waals surface area contributed by atoms with Crippen LogP contribution in [-0.4, -0.2) is 45.5 Å². The molecule has 2 aliphatic rings. The molecule has 1 aliphatic heterocycles. The summed E-state index contributed by atoms with van der Waals surface area (Å²) in [4.78, 5) is 64.3. The lowest BCUT2D eigenvalue weighted by Gasteiger charge is -2.33. The van der Waals surface area contributed by atoms with Gasteiger partial charge in [0, 0.05) is 30.3 Å². The lowest BCUT2D eigenvalue weighted by Crippen LogP contribution is -2.50. The van der Waals surface area contributed by atoms with Crippen molar-refractivity contribution in [1.82, 2.24) is 4.90 Å². The predicted octanol–water partition coefficient (Wildman–Crippen LogP) is 3.92. The van der Waals surface area contributed by atoms with Crippen molar-refractivity contribution < 1.29 is 24.1 Å². The van der Waals surface area contributed by atoms with E-state index in [4.69, 9.17) is 11.6 Å². The molecule has 1 aliphatic carbocycles. The van der Waals surface area contributed by atoms with Crippen LogP contribution in [0.5, 0.6) is 0 Å². The molecule has 0 aromatic heterocycles. The van der Waals surface area contributed by atoms with Gasteiger partial charge >= 0.3 is 0 Å². The number of carbonyl (C=O) groups excluding carboxylic acids is 4. The van der Waals surface area contributed by atoms with Gasteiger partial charge < -0.3 is 10.2 Å². The van der Waals surface area contributed by atoms with Crippen molar-refractivity contribution in [3.05, 3.63) is 63.2 Å². The number of halogens is 1. The Kier molecular flexibility index (Phi) is 6.83. The maximum absolute atomic E-state index is 13.6. The monoisotopic (exact) mass is 498 g/mol. The number of nitrogens with one attached hydrogen (secondary N) is 1. The van der Waals surface area contributed by atoms with Gasteiger partial charge in [-0.25, -0.2) is 4.90 Å². The van der Waals surface area contributed by atoms with E-state index >= 15 is 0 Å². The molecular formula is C24H23ClN4O6. The number of carbonyl (C=O) groups is 4. The normalized spacial score (nSPS) is 18.1. The van der Waals surface area contributed by atoms with Crippen LogP contribution < -0.4 is 10.2 Å². The SMILES string of the molecule is CC(=O)Nc1ccc(N2C(=O)CC(N(C(=O)c3ccc(Cl)c([N+](=O)[O-])c3)C3CCCC3)C2=O)cc1. The number of imide groups is 1. The van der Waals surface area contributed by atoms with Gasteiger partial charge in [-0.05, 0) is 49.2 Å². The highest BCUT2D eigenvalue weighted by atomic mass is 35.5. The van der Waals surface area contributed by atoms with Crippen LogP contribution >= 0.6 is 11.6 Å². The van der Waals surface area contributed by atoms with Gasteiger partial charge in [-0.2, -0.15) is 0 Å². The van der Waals surface area contributed by atoms with Crippen molar-refractivity contribution in [2.24, 2.45) is 0 Å². The molecule has 1 N–H and O–H groups in total. The van der Waals surface area contributed by atoms with E-state index in [2.05, 4.69) is 5.32 Å². The predicted molar refractivity (Wildman–Crippen MR) is 128 cm³/mol. The van der Waals surface area contributed by atoms with Crippen LogP contribution in [0.25, 0.3) is 0 Å². The number of nitrogens with zero attached hydrogens (tertiary/aromatic N) is 3. The Morgan fingerprint density at radius 1 is 1.11 bits per heavy atom. The fourth-order valence-electron chi connectivity index (χ4n) is 4.68. The number of anilines is 2. The van der Waals surface area contributed by atoms with E-state index in [0.717, 1.165) is 23.8 Å². The largest absolute Gasteiger partial charge is 0.326 e. The van der Waals surface area contributed by atoms with E-state index in [1.165, 1.54) is 24.0 Å². The van der Waals surface area contributed by atoms with Gasteiger partial charge in [0.05, 0.1) is 17.0 Å². The lowest BCUT2D eigenvalue weighted by molar-refractivity contribution is -0.384. The molecule has 1 atom stereocenters. The molecule has 1 unspecified atom stereocenters. The quantitative estimate of drug-likeness (QED) is 0.365. The third-order valence-electron chi connectivity index (χ3n) is 6.25. The molecular weight excluding hydrogens is 476 g/mol. The minimum atomic E-state index is -1.03. The van der Waals surface area contributed by atoms with Crippen LogP contribution in [0.4, 0.5) is 17.1 Å². The Bertz CT molecular complexity index is 1210. The number of nitro groups is 1. The number of nitro benzene ring substituents is 1. The van der Waals surface area contributed by atoms with E-state index in [1.54, 1.807) is 24.3 Å². The first-order valence-corrected chi connectivity index (χ1v) is 11.6. The highest BCUT2D eigenvalue weighted by Gasteiger charge is 2.47. The van der Waals surface area contributed by atoms with Crippen molar-refractivity contribution in [2.75, 3.05) is 10.2 Å². The van der Waals surface area contributed by atoms with E-state index in [9.17, 15) is 29.3 Å². The second-order valence-corrected chi connectivity index (χ2v) is 9.00. The second kappa shape index (κ2) is 9.83. The molecule has 2 aromatic rings. The third-order valence-corrected chi connectivity index (χ3v) is 6.57. The molecule has 1 heterocycles. The van der Waals surface area contributed by atoms with Crippen LogP contribution in [0.3, 0.4) is 0 Å². The topological polar surface area (TPSA) is 130 Å². The van der Waals surface area contributed by atoms with E-state index in [0.29, 0.717) is 24.2 Å². The average Bonchev–Trinajstić information content (AvgIpc) is 3.43. The first-order valence-electron chi connectivity index (χ1n) is 11.2. The summed E-state index contributed by atoms with van der Waals surface area (Å²) < 4.78 is 0. The number of rotatable bonds is 6. The minimum absolute atomic E-state index is 0.0337. The summed E-state index contributed by atoms with van der Waals surface area (Å²) in [5, 5.41) is 13.8. The first-order chi connectivity index (χ1) is 16.7. The van der Waals surface area contributed by atoms with Gasteiger partial charge in [-0.15, -0.1) is 0 Å². The number of hydrogen-bond acceptors (Lipinski definition) is 6. The molecule has 0 spiro atoms. The van der Waals surface area contributed by atoms with Crippen LogP contribution in [0.2, 0.25) is 5.02 Å². The lowest BCUT2D eigenvalue weighted by atomic mass is 10.1. The summed E-state index contributed by atoms with van der Waals surface area (Å²) in [6.07, 6.45) is 2.90. The number of hydrogen-bond donors (Lipinski definition) is 1. The molecule has 1 saturated heterocycles. The fraction of sp³-hybridized carbons (Fsp3) is 0.333. The van der Waals surface area contributed by atoms with Crippen molar-refractivity contribution in [3.63, 3.8) is 0 Å². The molecule has 11 heteroatoms. The van der Waals surface area contributed by atoms with Gasteiger partial charge in [-0.1, -0.05) is 24.4 Å². The van der Waals surface area contributed by atoms with Crippen LogP contribution in [0.15, 0.2) is 42.5 Å². The highest BCUT2D eigenvalue weighted by Crippen LogP contribution is 2.34. The Labute approximate surface area is 206 Å². The first kappa shape index (κ1) is 24.3. The summed E-state index contributed by atoms with van der Waals surface area (Å²) in [7, 11) is 0. The zero-order valence-corrected chi connectivity index (χ0v) is 19.7. The van der Waals surface area contributed by atoms with E-state index < -0.39 is 34.4 Å². The van der Waals surface area contributed by atoms with E-state index in [1.807, 2.05) is 0 Å². The van der Waals surface area contributed by atoms with Crippen LogP contribution in [0, 0.1) is 10.1 Å². The Morgan fingerprint density at radius 2 is 1.77 bits per heavy atom. The van der Waals surface area contributed by atoms with Gasteiger partial charge in [0.25, 0.3) is 17.5 Å². The summed E-state index contributed by atoms with van der Waals surface area (Å²) in [5.74, 6) is -1.79. The Morgan fingerprint density at radius 3 is 2.37 bits per heavy atom. The maximum atomic E-state index is 13.6. The van der Waals surface area contributed by atoms with Gasteiger partial charge in [0.2, 0.25) is 11.8 Å². The molecule has 2 fully saturated rings. The molecule has 182 valence electrons. The van der Waals surface area contributed by atoms with Crippen molar-refractivity contribution in [3.8, 4) is 0 Å². The maximum Gasteiger partial charge on any atom is 0.288 e. The third kappa shape index (κ3) is 4.88. The molecule has 35 heavy (non-hydrogen) atoms. The summed E-state index contributed by atoms with van der Waals surface area (Å²) in [6.45, 7) is 1.37. The van der Waals surface area contributed by atoms with Crippen LogP contribution in [0.1, 0.15) is 49.4 Å². The molecule has 10 nitrogen and oxygen atoms in total. The summed E-state index contributed by atoms with van der Waals surface area (Å²) >= 11 is 5.90. The molecule has 2 aromatic carbocycles. The van der Waals surface area contributed by atoms with Gasteiger partial charge in [0.1, 0.15) is 11.1 Å². The summed E-state index contributed by atoms with van der Waals surface area (Å²) in [6, 6.07) is 8.75. The smallest absolute Gasteiger partial charge is 0.288 e. The fourth-order valence-corrected chi connectivity index (χ4v) is 4.87. The van der Waals surface area contributed by atoms with E-state index in [-0.39, 0.29) is 29.0 Å². The van der Waals surface area contributed by atoms with Crippen LogP contribution in [-0.2, 0) is 14.4 Å². The molecule has 0 radical (unpaired) electrons. The van der Waals surface area contributed by atoms with Crippen molar-refractivity contribution in [2.45, 2.75) is 51.1 Å².